The van der Waals surface area contributed by atoms with E-state index in [1.165, 1.54) is 25.0 Å². The second kappa shape index (κ2) is 6.98. The van der Waals surface area contributed by atoms with Gasteiger partial charge in [-0.15, -0.1) is 0 Å². The number of ether oxygens (including phenoxy) is 2. The third kappa shape index (κ3) is 4.90. The maximum absolute atomic E-state index is 13.0. The summed E-state index contributed by atoms with van der Waals surface area (Å²) in [7, 11) is 1.66. The third-order valence-corrected chi connectivity index (χ3v) is 3.21. The van der Waals surface area contributed by atoms with Crippen LogP contribution in [0.4, 0.5) is 4.39 Å². The van der Waals surface area contributed by atoms with Crippen LogP contribution in [0.25, 0.3) is 0 Å². The molecule has 0 amide bonds. The van der Waals surface area contributed by atoms with Crippen LogP contribution in [0.5, 0.6) is 0 Å². The minimum absolute atomic E-state index is 0.0149. The number of methoxy groups -OCH3 is 1. The van der Waals surface area contributed by atoms with E-state index in [0.717, 1.165) is 12.1 Å². The first kappa shape index (κ1) is 14.4. The van der Waals surface area contributed by atoms with E-state index in [1.54, 1.807) is 19.2 Å². The molecule has 0 saturated heterocycles. The lowest BCUT2D eigenvalue weighted by Crippen LogP contribution is -2.28. The molecule has 1 aliphatic rings. The quantitative estimate of drug-likeness (QED) is 0.785. The molecule has 0 radical (unpaired) electrons. The Kier molecular flexibility index (Phi) is 5.31. The van der Waals surface area contributed by atoms with Crippen molar-refractivity contribution in [3.8, 4) is 0 Å². The van der Waals surface area contributed by atoms with Gasteiger partial charge in [-0.3, -0.25) is 0 Å². The van der Waals surface area contributed by atoms with Crippen LogP contribution in [-0.4, -0.2) is 32.4 Å². The zero-order chi connectivity index (χ0) is 13.7. The molecule has 4 heteroatoms. The Bertz CT molecular complexity index is 378. The molecule has 1 N–H and O–H groups in total. The van der Waals surface area contributed by atoms with E-state index in [9.17, 15) is 4.39 Å². The average molecular weight is 267 g/mol. The fraction of sp³-hybridized carbons (Fsp3) is 0.600. The van der Waals surface area contributed by atoms with Crippen molar-refractivity contribution >= 4 is 0 Å². The van der Waals surface area contributed by atoms with Crippen LogP contribution in [0.15, 0.2) is 24.3 Å². The number of rotatable bonds is 8. The van der Waals surface area contributed by atoms with Crippen molar-refractivity contribution in [2.45, 2.75) is 38.0 Å². The van der Waals surface area contributed by atoms with Crippen LogP contribution >= 0.6 is 0 Å². The van der Waals surface area contributed by atoms with Gasteiger partial charge in [-0.05, 0) is 37.5 Å². The van der Waals surface area contributed by atoms with Gasteiger partial charge in [0, 0.05) is 19.7 Å². The summed E-state index contributed by atoms with van der Waals surface area (Å²) in [5.41, 5.74) is 0.998. The summed E-state index contributed by atoms with van der Waals surface area (Å²) >= 11 is 0. The molecule has 0 aliphatic heterocycles. The topological polar surface area (TPSA) is 30.5 Å². The molecule has 1 aliphatic carbocycles. The molecule has 1 aromatic carbocycles. The van der Waals surface area contributed by atoms with Crippen molar-refractivity contribution in [1.82, 2.24) is 5.32 Å². The number of hydrogen-bond donors (Lipinski definition) is 1. The fourth-order valence-corrected chi connectivity index (χ4v) is 2.04. The zero-order valence-corrected chi connectivity index (χ0v) is 11.6. The largest absolute Gasteiger partial charge is 0.382 e. The van der Waals surface area contributed by atoms with Crippen molar-refractivity contribution in [3.05, 3.63) is 35.6 Å². The van der Waals surface area contributed by atoms with E-state index in [2.05, 4.69) is 5.32 Å². The summed E-state index contributed by atoms with van der Waals surface area (Å²) in [5, 5.41) is 3.46. The predicted octanol–water partition coefficient (Wildman–Crippen LogP) is 2.67. The minimum atomic E-state index is -0.220. The first-order valence-corrected chi connectivity index (χ1v) is 6.82. The maximum atomic E-state index is 13.0. The lowest BCUT2D eigenvalue weighted by atomic mass is 10.1. The van der Waals surface area contributed by atoms with Gasteiger partial charge in [0.1, 0.15) is 5.82 Å². The monoisotopic (exact) mass is 267 g/mol. The molecule has 1 fully saturated rings. The van der Waals surface area contributed by atoms with Gasteiger partial charge >= 0.3 is 0 Å². The van der Waals surface area contributed by atoms with Crippen LogP contribution in [0.2, 0.25) is 0 Å². The average Bonchev–Trinajstić information content (AvgIpc) is 3.20. The van der Waals surface area contributed by atoms with Gasteiger partial charge in [0.25, 0.3) is 0 Å². The first-order valence-electron chi connectivity index (χ1n) is 6.82. The fourth-order valence-electron chi connectivity index (χ4n) is 2.04. The summed E-state index contributed by atoms with van der Waals surface area (Å²) in [6.45, 7) is 3.29. The van der Waals surface area contributed by atoms with Crippen LogP contribution in [0.1, 0.15) is 31.4 Å². The summed E-state index contributed by atoms with van der Waals surface area (Å²) in [6, 6.07) is 7.15. The van der Waals surface area contributed by atoms with Gasteiger partial charge in [0.05, 0.1) is 18.8 Å². The number of benzene rings is 1. The first-order chi connectivity index (χ1) is 9.19. The smallest absolute Gasteiger partial charge is 0.123 e. The Morgan fingerprint density at radius 1 is 1.32 bits per heavy atom. The molecule has 2 unspecified atom stereocenters. The number of halogens is 1. The van der Waals surface area contributed by atoms with Gasteiger partial charge in [-0.25, -0.2) is 4.39 Å². The molecule has 19 heavy (non-hydrogen) atoms. The van der Waals surface area contributed by atoms with Crippen molar-refractivity contribution in [2.75, 3.05) is 20.3 Å². The highest BCUT2D eigenvalue weighted by Gasteiger charge is 2.23. The molecule has 1 aromatic rings. The lowest BCUT2D eigenvalue weighted by Gasteiger charge is -2.23. The van der Waals surface area contributed by atoms with Gasteiger partial charge in [0.2, 0.25) is 0 Å². The van der Waals surface area contributed by atoms with Crippen molar-refractivity contribution in [1.29, 1.82) is 0 Å². The lowest BCUT2D eigenvalue weighted by molar-refractivity contribution is -0.0395. The number of hydrogen-bond acceptors (Lipinski definition) is 3. The van der Waals surface area contributed by atoms with E-state index in [0.29, 0.717) is 12.6 Å². The highest BCUT2D eigenvalue weighted by molar-refractivity contribution is 5.19. The number of nitrogens with one attached hydrogen (secondary N) is 1. The molecule has 0 heterocycles. The molecule has 0 aromatic heterocycles. The molecular weight excluding hydrogens is 245 g/mol. The molecule has 2 atom stereocenters. The van der Waals surface area contributed by atoms with Gasteiger partial charge in [-0.2, -0.15) is 0 Å². The van der Waals surface area contributed by atoms with Crippen molar-refractivity contribution < 1.29 is 13.9 Å². The Labute approximate surface area is 114 Å². The van der Waals surface area contributed by atoms with Crippen LogP contribution in [0.3, 0.4) is 0 Å². The summed E-state index contributed by atoms with van der Waals surface area (Å²) < 4.78 is 24.1. The molecule has 0 bridgehead atoms. The minimum Gasteiger partial charge on any atom is -0.382 e. The van der Waals surface area contributed by atoms with E-state index in [4.69, 9.17) is 9.47 Å². The highest BCUT2D eigenvalue weighted by atomic mass is 19.1. The second-order valence-corrected chi connectivity index (χ2v) is 5.12. The second-order valence-electron chi connectivity index (χ2n) is 5.12. The SMILES string of the molecule is COCC(C)OC(CNC1CC1)c1ccc(F)cc1. The summed E-state index contributed by atoms with van der Waals surface area (Å²) in [4.78, 5) is 0. The van der Waals surface area contributed by atoms with Crippen LogP contribution < -0.4 is 5.32 Å². The van der Waals surface area contributed by atoms with Crippen LogP contribution in [0, 0.1) is 5.82 Å². The van der Waals surface area contributed by atoms with Gasteiger partial charge in [-0.1, -0.05) is 12.1 Å². The molecule has 106 valence electrons. The van der Waals surface area contributed by atoms with Crippen molar-refractivity contribution in [3.63, 3.8) is 0 Å². The Morgan fingerprint density at radius 2 is 2.00 bits per heavy atom. The molecule has 2 rings (SSSR count). The third-order valence-electron chi connectivity index (χ3n) is 3.21. The molecule has 1 saturated carbocycles. The predicted molar refractivity (Wildman–Crippen MR) is 72.6 cm³/mol. The highest BCUT2D eigenvalue weighted by Crippen LogP contribution is 2.23. The van der Waals surface area contributed by atoms with E-state index in [-0.39, 0.29) is 18.0 Å². The summed E-state index contributed by atoms with van der Waals surface area (Å²) in [5.74, 6) is -0.220. The molecule has 3 nitrogen and oxygen atoms in total. The van der Waals surface area contributed by atoms with Gasteiger partial charge in [0.15, 0.2) is 0 Å². The summed E-state index contributed by atoms with van der Waals surface area (Å²) in [6.07, 6.45) is 2.43. The van der Waals surface area contributed by atoms with E-state index < -0.39 is 0 Å². The normalized spacial score (nSPS) is 18.3. The maximum Gasteiger partial charge on any atom is 0.123 e. The standard InChI is InChI=1S/C15H22FNO2/c1-11(10-18-2)19-15(9-17-14-7-8-14)12-3-5-13(16)6-4-12/h3-6,11,14-15,17H,7-10H2,1-2H3. The van der Waals surface area contributed by atoms with E-state index in [1.807, 2.05) is 6.92 Å². The Balaban J connectivity index is 1.96. The van der Waals surface area contributed by atoms with Crippen molar-refractivity contribution in [2.24, 2.45) is 0 Å². The van der Waals surface area contributed by atoms with Gasteiger partial charge < -0.3 is 14.8 Å². The molecular formula is C15H22FNO2. The zero-order valence-electron chi connectivity index (χ0n) is 11.6. The Morgan fingerprint density at radius 3 is 2.58 bits per heavy atom. The Hall–Kier alpha value is -0.970. The molecule has 0 spiro atoms. The van der Waals surface area contributed by atoms with Crippen LogP contribution in [-0.2, 0) is 9.47 Å². The van der Waals surface area contributed by atoms with E-state index >= 15 is 0 Å².